The van der Waals surface area contributed by atoms with Crippen molar-refractivity contribution in [3.63, 3.8) is 0 Å². The molecular weight excluding hydrogens is 468 g/mol. The summed E-state index contributed by atoms with van der Waals surface area (Å²) >= 11 is 0. The Morgan fingerprint density at radius 2 is 1.37 bits per heavy atom. The third kappa shape index (κ3) is 2.70. The highest BCUT2D eigenvalue weighted by Gasteiger charge is 2.42. The predicted octanol–water partition coefficient (Wildman–Crippen LogP) is 7.93. The van der Waals surface area contributed by atoms with E-state index in [-0.39, 0.29) is 5.41 Å². The lowest BCUT2D eigenvalue weighted by Crippen LogP contribution is -2.14. The van der Waals surface area contributed by atoms with E-state index in [1.807, 2.05) is 36.4 Å². The van der Waals surface area contributed by atoms with Crippen molar-refractivity contribution in [3.8, 4) is 34.2 Å². The molecule has 0 aliphatic heterocycles. The van der Waals surface area contributed by atoms with Gasteiger partial charge in [0.25, 0.3) is 0 Å². The number of para-hydroxylation sites is 2. The SMILES string of the molecule is CC1(C)c2ccccc2-c2c1oc1c3ccccc3n(-c3nnc(-c4ccccc4)n3-c3ccccc3)c21. The minimum absolute atomic E-state index is 0.237. The van der Waals surface area contributed by atoms with E-state index in [0.29, 0.717) is 0 Å². The Labute approximate surface area is 219 Å². The zero-order chi connectivity index (χ0) is 25.4. The van der Waals surface area contributed by atoms with Gasteiger partial charge in [0.2, 0.25) is 5.95 Å². The molecule has 182 valence electrons. The monoisotopic (exact) mass is 492 g/mol. The molecule has 38 heavy (non-hydrogen) atoms. The summed E-state index contributed by atoms with van der Waals surface area (Å²) < 4.78 is 11.2. The molecular formula is C33H24N4O. The third-order valence-corrected chi connectivity index (χ3v) is 7.83. The number of aromatic nitrogens is 4. The van der Waals surface area contributed by atoms with Crippen LogP contribution >= 0.6 is 0 Å². The zero-order valence-corrected chi connectivity index (χ0v) is 21.1. The number of nitrogens with zero attached hydrogens (tertiary/aromatic N) is 4. The van der Waals surface area contributed by atoms with Crippen molar-refractivity contribution in [2.45, 2.75) is 19.3 Å². The van der Waals surface area contributed by atoms with E-state index in [9.17, 15) is 0 Å². The Hall–Kier alpha value is -4.90. The normalized spacial score (nSPS) is 13.7. The maximum Gasteiger partial charge on any atom is 0.241 e. The first-order valence-electron chi connectivity index (χ1n) is 12.9. The molecule has 0 saturated heterocycles. The van der Waals surface area contributed by atoms with Gasteiger partial charge in [-0.3, -0.25) is 9.13 Å². The second kappa shape index (κ2) is 7.56. The van der Waals surface area contributed by atoms with E-state index in [0.717, 1.165) is 56.3 Å². The lowest BCUT2D eigenvalue weighted by Gasteiger charge is -2.18. The molecule has 0 N–H and O–H groups in total. The van der Waals surface area contributed by atoms with Gasteiger partial charge < -0.3 is 4.42 Å². The topological polar surface area (TPSA) is 48.8 Å². The molecule has 0 spiro atoms. The predicted molar refractivity (Wildman–Crippen MR) is 151 cm³/mol. The molecule has 5 heteroatoms. The van der Waals surface area contributed by atoms with Crippen molar-refractivity contribution in [1.82, 2.24) is 19.3 Å². The first kappa shape index (κ1) is 21.2. The smallest absolute Gasteiger partial charge is 0.241 e. The van der Waals surface area contributed by atoms with Gasteiger partial charge in [0.1, 0.15) is 11.3 Å². The number of rotatable bonds is 3. The molecule has 0 atom stereocenters. The minimum atomic E-state index is -0.237. The van der Waals surface area contributed by atoms with Crippen LogP contribution in [0.2, 0.25) is 0 Å². The largest absolute Gasteiger partial charge is 0.457 e. The Balaban J connectivity index is 1.54. The van der Waals surface area contributed by atoms with Gasteiger partial charge in [0, 0.05) is 21.9 Å². The van der Waals surface area contributed by atoms with E-state index < -0.39 is 0 Å². The molecule has 1 aliphatic rings. The van der Waals surface area contributed by atoms with Crippen LogP contribution in [0.25, 0.3) is 56.2 Å². The summed E-state index contributed by atoms with van der Waals surface area (Å²) in [4.78, 5) is 0. The van der Waals surface area contributed by atoms with Crippen LogP contribution in [0.1, 0.15) is 25.2 Å². The highest BCUT2D eigenvalue weighted by atomic mass is 16.3. The maximum atomic E-state index is 6.78. The van der Waals surface area contributed by atoms with Crippen molar-refractivity contribution in [2.75, 3.05) is 0 Å². The van der Waals surface area contributed by atoms with E-state index in [1.54, 1.807) is 0 Å². The molecule has 8 rings (SSSR count). The summed E-state index contributed by atoms with van der Waals surface area (Å²) in [7, 11) is 0. The first-order chi connectivity index (χ1) is 18.6. The van der Waals surface area contributed by atoms with E-state index in [1.165, 1.54) is 11.1 Å². The summed E-state index contributed by atoms with van der Waals surface area (Å²) in [6, 6.07) is 37.6. The second-order valence-electron chi connectivity index (χ2n) is 10.4. The van der Waals surface area contributed by atoms with Crippen LogP contribution in [-0.2, 0) is 5.41 Å². The van der Waals surface area contributed by atoms with Crippen molar-refractivity contribution in [1.29, 1.82) is 0 Å². The second-order valence-corrected chi connectivity index (χ2v) is 10.4. The molecule has 0 unspecified atom stereocenters. The molecule has 0 bridgehead atoms. The average molecular weight is 493 g/mol. The van der Waals surface area contributed by atoms with Crippen molar-refractivity contribution >= 4 is 22.0 Å². The third-order valence-electron chi connectivity index (χ3n) is 7.83. The zero-order valence-electron chi connectivity index (χ0n) is 21.1. The molecule has 0 saturated carbocycles. The summed E-state index contributed by atoms with van der Waals surface area (Å²) in [5.41, 5.74) is 8.35. The van der Waals surface area contributed by atoms with Crippen LogP contribution in [-0.4, -0.2) is 19.3 Å². The Bertz CT molecular complexity index is 1990. The fraction of sp³-hybridized carbons (Fsp3) is 0.0909. The molecule has 5 nitrogen and oxygen atoms in total. The number of hydrogen-bond acceptors (Lipinski definition) is 3. The fourth-order valence-corrected chi connectivity index (χ4v) is 6.08. The van der Waals surface area contributed by atoms with Gasteiger partial charge in [-0.2, -0.15) is 0 Å². The van der Waals surface area contributed by atoms with Crippen LogP contribution in [0.15, 0.2) is 114 Å². The summed E-state index contributed by atoms with van der Waals surface area (Å²) in [5.74, 6) is 2.52. The molecule has 7 aromatic rings. The van der Waals surface area contributed by atoms with E-state index in [4.69, 9.17) is 14.6 Å². The first-order valence-corrected chi connectivity index (χ1v) is 12.9. The number of fused-ring (bicyclic) bond motifs is 7. The molecule has 3 heterocycles. The molecule has 1 aliphatic carbocycles. The average Bonchev–Trinajstić information content (AvgIpc) is 3.69. The van der Waals surface area contributed by atoms with Crippen LogP contribution in [0.5, 0.6) is 0 Å². The van der Waals surface area contributed by atoms with E-state index in [2.05, 4.69) is 95.8 Å². The highest BCUT2D eigenvalue weighted by molar-refractivity contribution is 6.13. The highest BCUT2D eigenvalue weighted by Crippen LogP contribution is 2.54. The lowest BCUT2D eigenvalue weighted by atomic mass is 9.86. The lowest BCUT2D eigenvalue weighted by molar-refractivity contribution is 0.466. The van der Waals surface area contributed by atoms with Crippen LogP contribution in [0.4, 0.5) is 0 Å². The summed E-state index contributed by atoms with van der Waals surface area (Å²) in [5, 5.41) is 10.7. The number of hydrogen-bond donors (Lipinski definition) is 0. The molecule has 4 aromatic carbocycles. The van der Waals surface area contributed by atoms with Gasteiger partial charge in [-0.25, -0.2) is 0 Å². The van der Waals surface area contributed by atoms with Crippen LogP contribution in [0, 0.1) is 0 Å². The van der Waals surface area contributed by atoms with Crippen molar-refractivity contribution in [3.05, 3.63) is 121 Å². The molecule has 0 amide bonds. The van der Waals surface area contributed by atoms with Gasteiger partial charge in [-0.15, -0.1) is 10.2 Å². The van der Waals surface area contributed by atoms with Crippen molar-refractivity contribution in [2.24, 2.45) is 0 Å². The molecule has 3 aromatic heterocycles. The van der Waals surface area contributed by atoms with Gasteiger partial charge in [0.05, 0.1) is 11.2 Å². The van der Waals surface area contributed by atoms with Crippen LogP contribution in [0.3, 0.4) is 0 Å². The Kier molecular flexibility index (Phi) is 4.22. The maximum absolute atomic E-state index is 6.78. The van der Waals surface area contributed by atoms with Gasteiger partial charge in [-0.1, -0.05) is 84.9 Å². The number of benzene rings is 4. The Morgan fingerprint density at radius 1 is 0.684 bits per heavy atom. The quantitative estimate of drug-likeness (QED) is 0.252. The Morgan fingerprint density at radius 3 is 2.18 bits per heavy atom. The summed E-state index contributed by atoms with van der Waals surface area (Å²) in [6.07, 6.45) is 0. The van der Waals surface area contributed by atoms with E-state index >= 15 is 0 Å². The standard InChI is InChI=1S/C33H24N4O/c1-33(2)25-19-11-9-17-23(25)27-28-29(38-30(27)33)24-18-10-12-20-26(24)37(28)32-35-34-31(21-13-5-3-6-14-21)36(32)22-15-7-4-8-16-22/h3-20H,1-2H3. The van der Waals surface area contributed by atoms with Crippen LogP contribution < -0.4 is 0 Å². The van der Waals surface area contributed by atoms with Crippen molar-refractivity contribution < 1.29 is 4.42 Å². The van der Waals surface area contributed by atoms with Gasteiger partial charge >= 0.3 is 0 Å². The van der Waals surface area contributed by atoms with Gasteiger partial charge in [-0.05, 0) is 49.2 Å². The fourth-order valence-electron chi connectivity index (χ4n) is 6.08. The number of furan rings is 1. The summed E-state index contributed by atoms with van der Waals surface area (Å²) in [6.45, 7) is 4.49. The molecule has 0 radical (unpaired) electrons. The minimum Gasteiger partial charge on any atom is -0.457 e. The van der Waals surface area contributed by atoms with Gasteiger partial charge in [0.15, 0.2) is 11.4 Å². The molecule has 0 fully saturated rings.